The topological polar surface area (TPSA) is 44.1 Å². The van der Waals surface area contributed by atoms with Crippen molar-refractivity contribution in [3.63, 3.8) is 0 Å². The number of hydrogen-bond donors (Lipinski definition) is 0. The largest absolute Gasteiger partial charge is 0.493 e. The fraction of sp³-hybridized carbons (Fsp3) is 0.636. The summed E-state index contributed by atoms with van der Waals surface area (Å²) in [7, 11) is 3.31. The molecule has 1 heterocycles. The molecule has 0 bridgehead atoms. The van der Waals surface area contributed by atoms with Crippen molar-refractivity contribution in [2.45, 2.75) is 26.7 Å². The normalized spacial score (nSPS) is 10.7. The average molecular weight is 210 g/mol. The number of aryl methyl sites for hydroxylation is 1. The Bertz CT molecular complexity index is 342. The summed E-state index contributed by atoms with van der Waals surface area (Å²) in [5.74, 6) is 1.19. The van der Waals surface area contributed by atoms with E-state index in [9.17, 15) is 4.79 Å². The molecule has 0 N–H and O–H groups in total. The highest BCUT2D eigenvalue weighted by atomic mass is 16.5. The highest BCUT2D eigenvalue weighted by Crippen LogP contribution is 2.19. The van der Waals surface area contributed by atoms with Crippen LogP contribution in [0.25, 0.3) is 0 Å². The molecule has 4 heteroatoms. The van der Waals surface area contributed by atoms with E-state index in [0.29, 0.717) is 23.8 Å². The van der Waals surface area contributed by atoms with Gasteiger partial charge in [0.15, 0.2) is 11.5 Å². The summed E-state index contributed by atoms with van der Waals surface area (Å²) >= 11 is 0. The number of nitrogens with zero attached hydrogens (tertiary/aromatic N) is 2. The zero-order valence-corrected chi connectivity index (χ0v) is 9.78. The third-order valence-corrected chi connectivity index (χ3v) is 2.34. The van der Waals surface area contributed by atoms with Crippen LogP contribution in [-0.2, 0) is 7.05 Å². The smallest absolute Gasteiger partial charge is 0.184 e. The van der Waals surface area contributed by atoms with Gasteiger partial charge < -0.3 is 4.74 Å². The lowest BCUT2D eigenvalue weighted by Gasteiger charge is -2.06. The van der Waals surface area contributed by atoms with E-state index in [-0.39, 0.29) is 5.78 Å². The van der Waals surface area contributed by atoms with Gasteiger partial charge in [-0.3, -0.25) is 9.48 Å². The van der Waals surface area contributed by atoms with Gasteiger partial charge in [-0.1, -0.05) is 13.8 Å². The Kier molecular flexibility index (Phi) is 3.88. The molecule has 0 radical (unpaired) electrons. The third-order valence-electron chi connectivity index (χ3n) is 2.34. The van der Waals surface area contributed by atoms with Crippen molar-refractivity contribution in [2.75, 3.05) is 7.11 Å². The van der Waals surface area contributed by atoms with E-state index < -0.39 is 0 Å². The molecule has 0 aromatic carbocycles. The maximum Gasteiger partial charge on any atom is 0.184 e. The van der Waals surface area contributed by atoms with Gasteiger partial charge in [-0.15, -0.1) is 0 Å². The molecule has 0 spiro atoms. The lowest BCUT2D eigenvalue weighted by molar-refractivity contribution is 0.0963. The molecule has 0 atom stereocenters. The lowest BCUT2D eigenvalue weighted by Crippen LogP contribution is -2.09. The van der Waals surface area contributed by atoms with Crippen LogP contribution in [0, 0.1) is 5.92 Å². The van der Waals surface area contributed by atoms with Crippen LogP contribution in [0.2, 0.25) is 0 Å². The summed E-state index contributed by atoms with van der Waals surface area (Å²) in [4.78, 5) is 11.9. The molecule has 0 fully saturated rings. The molecule has 1 aromatic heterocycles. The molecular weight excluding hydrogens is 192 g/mol. The minimum Gasteiger partial charge on any atom is -0.493 e. The van der Waals surface area contributed by atoms with Crippen molar-refractivity contribution in [3.8, 4) is 5.75 Å². The highest BCUT2D eigenvalue weighted by molar-refractivity contribution is 5.96. The second-order valence-corrected chi connectivity index (χ2v) is 4.04. The maximum absolute atomic E-state index is 11.9. The van der Waals surface area contributed by atoms with Crippen LogP contribution in [0.1, 0.15) is 37.2 Å². The number of rotatable bonds is 5. The van der Waals surface area contributed by atoms with Gasteiger partial charge in [-0.05, 0) is 12.3 Å². The summed E-state index contributed by atoms with van der Waals surface area (Å²) < 4.78 is 6.66. The van der Waals surface area contributed by atoms with Crippen LogP contribution in [-0.4, -0.2) is 22.7 Å². The lowest BCUT2D eigenvalue weighted by atomic mass is 10.0. The number of Topliss-reactive ketones (excluding diaryl/α,β-unsaturated/α-hetero) is 1. The average Bonchev–Trinajstić information content (AvgIpc) is 2.56. The molecule has 4 nitrogen and oxygen atoms in total. The van der Waals surface area contributed by atoms with E-state index >= 15 is 0 Å². The molecule has 0 saturated carbocycles. The van der Waals surface area contributed by atoms with Crippen LogP contribution in [0.15, 0.2) is 6.20 Å². The fourth-order valence-electron chi connectivity index (χ4n) is 1.42. The number of ether oxygens (including phenoxy) is 1. The van der Waals surface area contributed by atoms with Crippen LogP contribution >= 0.6 is 0 Å². The minimum atomic E-state index is 0.0977. The quantitative estimate of drug-likeness (QED) is 0.699. The van der Waals surface area contributed by atoms with Gasteiger partial charge in [0.05, 0.1) is 13.3 Å². The number of carbonyl (C=O) groups is 1. The van der Waals surface area contributed by atoms with Gasteiger partial charge in [0.2, 0.25) is 0 Å². The number of carbonyl (C=O) groups excluding carboxylic acids is 1. The van der Waals surface area contributed by atoms with Gasteiger partial charge in [-0.25, -0.2) is 0 Å². The predicted octanol–water partition coefficient (Wildman–Crippen LogP) is 2.05. The highest BCUT2D eigenvalue weighted by Gasteiger charge is 2.17. The molecule has 0 aliphatic carbocycles. The van der Waals surface area contributed by atoms with Crippen molar-refractivity contribution in [2.24, 2.45) is 13.0 Å². The Labute approximate surface area is 90.2 Å². The molecular formula is C11H18N2O2. The van der Waals surface area contributed by atoms with Crippen molar-refractivity contribution in [1.29, 1.82) is 0 Å². The summed E-state index contributed by atoms with van der Waals surface area (Å²) in [6, 6.07) is 0. The molecule has 0 amide bonds. The van der Waals surface area contributed by atoms with Gasteiger partial charge in [0.1, 0.15) is 5.69 Å². The van der Waals surface area contributed by atoms with E-state index in [1.807, 2.05) is 0 Å². The Hall–Kier alpha value is -1.32. The fourth-order valence-corrected chi connectivity index (χ4v) is 1.42. The maximum atomic E-state index is 11.9. The molecule has 84 valence electrons. The summed E-state index contributed by atoms with van der Waals surface area (Å²) in [5.41, 5.74) is 0.568. The van der Waals surface area contributed by atoms with Crippen molar-refractivity contribution in [1.82, 2.24) is 9.78 Å². The van der Waals surface area contributed by atoms with E-state index in [0.717, 1.165) is 6.42 Å². The molecule has 15 heavy (non-hydrogen) atoms. The van der Waals surface area contributed by atoms with Crippen LogP contribution in [0.3, 0.4) is 0 Å². The first kappa shape index (κ1) is 11.8. The van der Waals surface area contributed by atoms with E-state index in [4.69, 9.17) is 4.74 Å². The van der Waals surface area contributed by atoms with Gasteiger partial charge in [0, 0.05) is 13.5 Å². The number of methoxy groups -OCH3 is 1. The predicted molar refractivity (Wildman–Crippen MR) is 58.2 cm³/mol. The second kappa shape index (κ2) is 4.96. The van der Waals surface area contributed by atoms with Crippen molar-refractivity contribution < 1.29 is 9.53 Å². The standard InChI is InChI=1S/C11H18N2O2/c1-8(2)5-6-9(14)11-10(15-4)7-12-13(11)3/h7-8H,5-6H2,1-4H3. The first-order chi connectivity index (χ1) is 7.06. The van der Waals surface area contributed by atoms with Crippen LogP contribution in [0.4, 0.5) is 0 Å². The van der Waals surface area contributed by atoms with Gasteiger partial charge >= 0.3 is 0 Å². The Morgan fingerprint density at radius 1 is 1.60 bits per heavy atom. The SMILES string of the molecule is COc1cnn(C)c1C(=O)CCC(C)C. The minimum absolute atomic E-state index is 0.0977. The molecule has 1 aromatic rings. The molecule has 1 rings (SSSR count). The number of aromatic nitrogens is 2. The zero-order chi connectivity index (χ0) is 11.4. The summed E-state index contributed by atoms with van der Waals surface area (Å²) in [6.45, 7) is 4.21. The molecule has 0 aliphatic rings. The van der Waals surface area contributed by atoms with Crippen molar-refractivity contribution >= 4 is 5.78 Å². The molecule has 0 aliphatic heterocycles. The van der Waals surface area contributed by atoms with Crippen LogP contribution in [0.5, 0.6) is 5.75 Å². The molecule has 0 saturated heterocycles. The monoisotopic (exact) mass is 210 g/mol. The second-order valence-electron chi connectivity index (χ2n) is 4.04. The first-order valence-corrected chi connectivity index (χ1v) is 5.15. The Balaban J connectivity index is 2.76. The summed E-state index contributed by atoms with van der Waals surface area (Å²) in [5, 5.41) is 4.01. The van der Waals surface area contributed by atoms with Gasteiger partial charge in [-0.2, -0.15) is 5.10 Å². The van der Waals surface area contributed by atoms with E-state index in [2.05, 4.69) is 18.9 Å². The third kappa shape index (κ3) is 2.81. The number of hydrogen-bond acceptors (Lipinski definition) is 3. The van der Waals surface area contributed by atoms with Gasteiger partial charge in [0.25, 0.3) is 0 Å². The first-order valence-electron chi connectivity index (χ1n) is 5.15. The van der Waals surface area contributed by atoms with E-state index in [1.165, 1.54) is 0 Å². The summed E-state index contributed by atoms with van der Waals surface area (Å²) in [6.07, 6.45) is 3.02. The number of ketones is 1. The van der Waals surface area contributed by atoms with E-state index in [1.54, 1.807) is 25.0 Å². The van der Waals surface area contributed by atoms with Crippen molar-refractivity contribution in [3.05, 3.63) is 11.9 Å². The molecule has 0 unspecified atom stereocenters. The Morgan fingerprint density at radius 2 is 2.27 bits per heavy atom. The van der Waals surface area contributed by atoms with Crippen LogP contribution < -0.4 is 4.74 Å². The Morgan fingerprint density at radius 3 is 2.80 bits per heavy atom. The zero-order valence-electron chi connectivity index (χ0n) is 9.78.